The number of halogens is 1. The molecule has 0 saturated carbocycles. The molecule has 1 atom stereocenters. The van der Waals surface area contributed by atoms with E-state index in [4.69, 9.17) is 0 Å². The summed E-state index contributed by atoms with van der Waals surface area (Å²) in [6.07, 6.45) is 0. The lowest BCUT2D eigenvalue weighted by Crippen LogP contribution is -2.26. The second-order valence-electron chi connectivity index (χ2n) is 6.04. The zero-order valence-corrected chi connectivity index (χ0v) is 15.8. The number of hydrogen-bond donors (Lipinski definition) is 1. The first kappa shape index (κ1) is 16.7. The van der Waals surface area contributed by atoms with Crippen LogP contribution in [-0.2, 0) is 18.4 Å². The smallest absolute Gasteiger partial charge is 0.231 e. The molecule has 0 unspecified atom stereocenters. The molecule has 0 fully saturated rings. The van der Waals surface area contributed by atoms with E-state index in [2.05, 4.69) is 31.3 Å². The molecule has 0 aliphatic heterocycles. The van der Waals surface area contributed by atoms with Gasteiger partial charge in [0.2, 0.25) is 11.9 Å². The quantitative estimate of drug-likeness (QED) is 0.743. The molecule has 3 rings (SSSR count). The predicted octanol–water partition coefficient (Wildman–Crippen LogP) is 3.42. The van der Waals surface area contributed by atoms with Gasteiger partial charge in [0, 0.05) is 12.7 Å². The summed E-state index contributed by atoms with van der Waals surface area (Å²) in [6.45, 7) is 6.34. The molecule has 24 heavy (non-hydrogen) atoms. The first-order valence-corrected chi connectivity index (χ1v) is 8.59. The minimum atomic E-state index is -0.227. The molecule has 1 N–H and O–H groups in total. The summed E-state index contributed by atoms with van der Waals surface area (Å²) in [5.41, 5.74) is 3.80. The molecular formula is C17H20BrN5O. The fourth-order valence-corrected chi connectivity index (χ4v) is 2.97. The van der Waals surface area contributed by atoms with E-state index in [-0.39, 0.29) is 11.8 Å². The molecule has 2 heterocycles. The van der Waals surface area contributed by atoms with Crippen molar-refractivity contribution in [2.45, 2.75) is 27.3 Å². The van der Waals surface area contributed by atoms with Crippen molar-refractivity contribution in [3.63, 3.8) is 0 Å². The Hall–Kier alpha value is -2.15. The Labute approximate surface area is 149 Å². The number of rotatable bonds is 4. The third kappa shape index (κ3) is 2.96. The third-order valence-corrected chi connectivity index (χ3v) is 5.36. The first-order valence-electron chi connectivity index (χ1n) is 7.80. The Balaban J connectivity index is 1.76. The molecule has 7 heteroatoms. The summed E-state index contributed by atoms with van der Waals surface area (Å²) in [7, 11) is 1.90. The van der Waals surface area contributed by atoms with Crippen LogP contribution in [-0.4, -0.2) is 25.2 Å². The Morgan fingerprint density at radius 3 is 2.67 bits per heavy atom. The summed E-state index contributed by atoms with van der Waals surface area (Å²) in [5, 5.41) is 7.38. The third-order valence-electron chi connectivity index (χ3n) is 4.21. The number of hydrogen-bond acceptors (Lipinski definition) is 3. The van der Waals surface area contributed by atoms with Crippen LogP contribution >= 0.6 is 15.9 Å². The predicted molar refractivity (Wildman–Crippen MR) is 97.9 cm³/mol. The number of carbonyl (C=O) groups is 1. The minimum absolute atomic E-state index is 0.0721. The first-order chi connectivity index (χ1) is 11.4. The largest absolute Gasteiger partial charge is 0.313 e. The van der Waals surface area contributed by atoms with E-state index >= 15 is 0 Å². The number of carbonyl (C=O) groups excluding carboxylic acids is 1. The van der Waals surface area contributed by atoms with Crippen molar-refractivity contribution in [2.75, 3.05) is 5.32 Å². The van der Waals surface area contributed by atoms with Gasteiger partial charge in [0.15, 0.2) is 0 Å². The van der Waals surface area contributed by atoms with Crippen LogP contribution in [0, 0.1) is 19.8 Å². The molecule has 126 valence electrons. The van der Waals surface area contributed by atoms with Crippen LogP contribution in [0.2, 0.25) is 0 Å². The fraction of sp³-hybridized carbons (Fsp3) is 0.353. The van der Waals surface area contributed by atoms with Crippen LogP contribution in [0.1, 0.15) is 18.3 Å². The summed E-state index contributed by atoms with van der Waals surface area (Å²) in [5.74, 6) is 0.259. The van der Waals surface area contributed by atoms with E-state index in [1.807, 2.05) is 61.3 Å². The highest BCUT2D eigenvalue weighted by molar-refractivity contribution is 9.10. The summed E-state index contributed by atoms with van der Waals surface area (Å²) < 4.78 is 4.74. The zero-order chi connectivity index (χ0) is 17.4. The van der Waals surface area contributed by atoms with Crippen molar-refractivity contribution < 1.29 is 4.79 Å². The number of benzene rings is 1. The van der Waals surface area contributed by atoms with Crippen molar-refractivity contribution in [3.8, 4) is 0 Å². The van der Waals surface area contributed by atoms with E-state index in [0.717, 1.165) is 26.9 Å². The van der Waals surface area contributed by atoms with Gasteiger partial charge in [-0.05, 0) is 41.9 Å². The normalized spacial score (nSPS) is 12.5. The van der Waals surface area contributed by atoms with E-state index in [0.29, 0.717) is 12.5 Å². The van der Waals surface area contributed by atoms with Gasteiger partial charge in [0.25, 0.3) is 0 Å². The highest BCUT2D eigenvalue weighted by atomic mass is 79.9. The Morgan fingerprint density at radius 1 is 1.33 bits per heavy atom. The topological polar surface area (TPSA) is 64.7 Å². The summed E-state index contributed by atoms with van der Waals surface area (Å²) in [4.78, 5) is 17.0. The average molecular weight is 390 g/mol. The van der Waals surface area contributed by atoms with Gasteiger partial charge in [0.1, 0.15) is 0 Å². The van der Waals surface area contributed by atoms with Gasteiger partial charge in [-0.25, -0.2) is 4.98 Å². The van der Waals surface area contributed by atoms with Crippen LogP contribution in [0.25, 0.3) is 11.0 Å². The van der Waals surface area contributed by atoms with Gasteiger partial charge < -0.3 is 4.57 Å². The molecule has 3 aromatic rings. The summed E-state index contributed by atoms with van der Waals surface area (Å²) in [6, 6.07) is 7.81. The van der Waals surface area contributed by atoms with Crippen molar-refractivity contribution in [1.82, 2.24) is 19.3 Å². The maximum atomic E-state index is 12.5. The fourth-order valence-electron chi connectivity index (χ4n) is 2.69. The molecule has 0 bridgehead atoms. The lowest BCUT2D eigenvalue weighted by atomic mass is 10.1. The number of nitrogens with zero attached hydrogens (tertiary/aromatic N) is 4. The second-order valence-corrected chi connectivity index (χ2v) is 6.83. The molecule has 0 aliphatic rings. The number of para-hydroxylation sites is 2. The van der Waals surface area contributed by atoms with Crippen molar-refractivity contribution >= 4 is 38.8 Å². The number of aromatic nitrogens is 4. The molecule has 0 radical (unpaired) electrons. The molecular weight excluding hydrogens is 370 g/mol. The number of anilines is 1. The van der Waals surface area contributed by atoms with Gasteiger partial charge in [-0.2, -0.15) is 5.10 Å². The monoisotopic (exact) mass is 389 g/mol. The maximum Gasteiger partial charge on any atom is 0.231 e. The summed E-state index contributed by atoms with van der Waals surface area (Å²) >= 11 is 3.51. The number of imidazole rings is 1. The Bertz CT molecular complexity index is 911. The maximum absolute atomic E-state index is 12.5. The van der Waals surface area contributed by atoms with Gasteiger partial charge in [-0.15, -0.1) is 0 Å². The number of fused-ring (bicyclic) bond motifs is 1. The van der Waals surface area contributed by atoms with E-state index in [1.54, 1.807) is 0 Å². The standard InChI is InChI=1S/C17H20BrN5O/c1-10(9-23-12(3)15(18)11(2)21-23)16(24)20-17-19-13-7-5-6-8-14(13)22(17)4/h5-8,10H,9H2,1-4H3,(H,19,20,24)/t10-/m1/s1. The lowest BCUT2D eigenvalue weighted by Gasteiger charge is -2.13. The molecule has 2 aromatic heterocycles. The molecule has 0 aliphatic carbocycles. The molecule has 0 saturated heterocycles. The second kappa shape index (κ2) is 6.39. The molecule has 0 spiro atoms. The Kier molecular flexibility index (Phi) is 4.45. The van der Waals surface area contributed by atoms with Crippen LogP contribution in [0.15, 0.2) is 28.7 Å². The SMILES string of the molecule is Cc1nn(C[C@@H](C)C(=O)Nc2nc3ccccc3n2C)c(C)c1Br. The van der Waals surface area contributed by atoms with Crippen LogP contribution in [0.3, 0.4) is 0 Å². The molecule has 1 amide bonds. The Morgan fingerprint density at radius 2 is 2.04 bits per heavy atom. The van der Waals surface area contributed by atoms with Gasteiger partial charge in [0.05, 0.1) is 33.7 Å². The van der Waals surface area contributed by atoms with Crippen LogP contribution in [0.5, 0.6) is 0 Å². The average Bonchev–Trinajstić information content (AvgIpc) is 3.00. The lowest BCUT2D eigenvalue weighted by molar-refractivity contribution is -0.119. The highest BCUT2D eigenvalue weighted by Gasteiger charge is 2.19. The van der Waals surface area contributed by atoms with E-state index in [9.17, 15) is 4.79 Å². The van der Waals surface area contributed by atoms with Crippen molar-refractivity contribution in [3.05, 3.63) is 40.1 Å². The van der Waals surface area contributed by atoms with Gasteiger partial charge in [-0.1, -0.05) is 19.1 Å². The van der Waals surface area contributed by atoms with Crippen molar-refractivity contribution in [2.24, 2.45) is 13.0 Å². The van der Waals surface area contributed by atoms with E-state index < -0.39 is 0 Å². The molecule has 1 aromatic carbocycles. The number of nitrogens with one attached hydrogen (secondary N) is 1. The minimum Gasteiger partial charge on any atom is -0.313 e. The number of amides is 1. The van der Waals surface area contributed by atoms with Crippen LogP contribution < -0.4 is 5.32 Å². The van der Waals surface area contributed by atoms with Gasteiger partial charge in [-0.3, -0.25) is 14.8 Å². The van der Waals surface area contributed by atoms with Crippen LogP contribution in [0.4, 0.5) is 5.95 Å². The van der Waals surface area contributed by atoms with Gasteiger partial charge >= 0.3 is 0 Å². The zero-order valence-electron chi connectivity index (χ0n) is 14.2. The number of aryl methyl sites for hydroxylation is 2. The van der Waals surface area contributed by atoms with E-state index in [1.165, 1.54) is 0 Å². The molecule has 6 nitrogen and oxygen atoms in total. The highest BCUT2D eigenvalue weighted by Crippen LogP contribution is 2.21. The van der Waals surface area contributed by atoms with Crippen molar-refractivity contribution in [1.29, 1.82) is 0 Å².